The Labute approximate surface area is 150 Å². The van der Waals surface area contributed by atoms with Crippen LogP contribution in [-0.2, 0) is 14.3 Å². The minimum atomic E-state index is -1.01. The highest BCUT2D eigenvalue weighted by molar-refractivity contribution is 5.79. The predicted molar refractivity (Wildman–Crippen MR) is 94.0 cm³/mol. The second-order valence-electron chi connectivity index (χ2n) is 6.56. The molecule has 0 bridgehead atoms. The van der Waals surface area contributed by atoms with Gasteiger partial charge in [-0.15, -0.1) is 0 Å². The fraction of sp³-hybridized carbons (Fsp3) is 0.300. The summed E-state index contributed by atoms with van der Waals surface area (Å²) in [7, 11) is 0. The van der Waals surface area contributed by atoms with Gasteiger partial charge in [-0.1, -0.05) is 48.5 Å². The number of hydrogen-bond donors (Lipinski definition) is 2. The zero-order chi connectivity index (χ0) is 18.1. The van der Waals surface area contributed by atoms with E-state index in [1.165, 1.54) is 11.1 Å². The van der Waals surface area contributed by atoms with E-state index >= 15 is 0 Å². The molecule has 1 aliphatic carbocycles. The van der Waals surface area contributed by atoms with Gasteiger partial charge in [0.2, 0.25) is 0 Å². The molecule has 0 radical (unpaired) electrons. The number of hydrogen-bond acceptors (Lipinski definition) is 4. The molecule has 2 aromatic carbocycles. The van der Waals surface area contributed by atoms with Gasteiger partial charge >= 0.3 is 12.1 Å². The van der Waals surface area contributed by atoms with Crippen molar-refractivity contribution in [2.24, 2.45) is 0 Å². The summed E-state index contributed by atoms with van der Waals surface area (Å²) in [6.07, 6.45) is -1.17. The highest BCUT2D eigenvalue weighted by Gasteiger charge is 2.33. The lowest BCUT2D eigenvalue weighted by molar-refractivity contribution is -0.147. The quantitative estimate of drug-likeness (QED) is 0.883. The first-order valence-electron chi connectivity index (χ1n) is 8.59. The van der Waals surface area contributed by atoms with Gasteiger partial charge < -0.3 is 19.9 Å². The number of nitrogens with one attached hydrogen (secondary N) is 1. The molecule has 1 fully saturated rings. The van der Waals surface area contributed by atoms with Crippen molar-refractivity contribution in [2.45, 2.75) is 24.5 Å². The van der Waals surface area contributed by atoms with Gasteiger partial charge in [0.1, 0.15) is 6.61 Å². The lowest BCUT2D eigenvalue weighted by Gasteiger charge is -2.16. The molecule has 2 aromatic rings. The number of rotatable bonds is 4. The summed E-state index contributed by atoms with van der Waals surface area (Å²) < 4.78 is 10.6. The Balaban J connectivity index is 1.41. The van der Waals surface area contributed by atoms with E-state index in [1.54, 1.807) is 0 Å². The SMILES string of the molecule is O=C(N[C@H]1CO[C@H](C(=O)O)C1)OCC1c2ccccc2-c2ccccc21. The van der Waals surface area contributed by atoms with E-state index in [0.29, 0.717) is 0 Å². The first-order chi connectivity index (χ1) is 12.6. The fourth-order valence-corrected chi connectivity index (χ4v) is 3.71. The standard InChI is InChI=1S/C20H19NO5/c22-19(23)18-9-12(10-25-18)21-20(24)26-11-17-15-7-3-1-5-13(15)14-6-2-4-8-16(14)17/h1-8,12,17-18H,9-11H2,(H,21,24)(H,22,23)/t12-,18+/m1/s1. The van der Waals surface area contributed by atoms with Crippen molar-refractivity contribution in [1.29, 1.82) is 0 Å². The minimum Gasteiger partial charge on any atom is -0.479 e. The number of alkyl carbamates (subject to hydrolysis) is 1. The molecular weight excluding hydrogens is 334 g/mol. The lowest BCUT2D eigenvalue weighted by Crippen LogP contribution is -2.36. The molecule has 2 N–H and O–H groups in total. The fourth-order valence-electron chi connectivity index (χ4n) is 3.71. The van der Waals surface area contributed by atoms with Gasteiger partial charge in [-0.05, 0) is 22.3 Å². The molecule has 6 heteroatoms. The van der Waals surface area contributed by atoms with Crippen molar-refractivity contribution in [2.75, 3.05) is 13.2 Å². The van der Waals surface area contributed by atoms with E-state index in [1.807, 2.05) is 24.3 Å². The average Bonchev–Trinajstić information content (AvgIpc) is 3.23. The van der Waals surface area contributed by atoms with Gasteiger partial charge in [0.05, 0.1) is 12.6 Å². The number of carboxylic acid groups (broad SMARTS) is 1. The number of carboxylic acids is 1. The second kappa shape index (κ2) is 6.80. The molecule has 1 saturated heterocycles. The van der Waals surface area contributed by atoms with E-state index in [9.17, 15) is 9.59 Å². The lowest BCUT2D eigenvalue weighted by atomic mass is 9.98. The van der Waals surface area contributed by atoms with Gasteiger partial charge in [-0.25, -0.2) is 9.59 Å². The Hall–Kier alpha value is -2.86. The Morgan fingerprint density at radius 1 is 1.08 bits per heavy atom. The molecule has 1 aliphatic heterocycles. The van der Waals surface area contributed by atoms with Crippen LogP contribution in [0.15, 0.2) is 48.5 Å². The molecular formula is C20H19NO5. The van der Waals surface area contributed by atoms with E-state index in [2.05, 4.69) is 29.6 Å². The number of amides is 1. The van der Waals surface area contributed by atoms with E-state index < -0.39 is 18.2 Å². The first-order valence-corrected chi connectivity index (χ1v) is 8.59. The minimum absolute atomic E-state index is 0.000235. The van der Waals surface area contributed by atoms with Gasteiger partial charge in [0, 0.05) is 12.3 Å². The summed E-state index contributed by atoms with van der Waals surface area (Å²) in [5.41, 5.74) is 4.64. The monoisotopic (exact) mass is 353 g/mol. The van der Waals surface area contributed by atoms with Crippen LogP contribution in [0.1, 0.15) is 23.5 Å². The van der Waals surface area contributed by atoms with Crippen molar-refractivity contribution in [3.05, 3.63) is 59.7 Å². The molecule has 2 aliphatic rings. The van der Waals surface area contributed by atoms with Crippen molar-refractivity contribution < 1.29 is 24.2 Å². The van der Waals surface area contributed by atoms with Crippen molar-refractivity contribution in [3.8, 4) is 11.1 Å². The summed E-state index contributed by atoms with van der Waals surface area (Å²) in [5.74, 6) is -1.01. The Morgan fingerprint density at radius 2 is 1.69 bits per heavy atom. The molecule has 26 heavy (non-hydrogen) atoms. The van der Waals surface area contributed by atoms with Crippen LogP contribution >= 0.6 is 0 Å². The third-order valence-corrected chi connectivity index (χ3v) is 4.94. The van der Waals surface area contributed by atoms with Gasteiger partial charge in [0.25, 0.3) is 0 Å². The van der Waals surface area contributed by atoms with Crippen LogP contribution in [0.4, 0.5) is 4.79 Å². The number of fused-ring (bicyclic) bond motifs is 3. The highest BCUT2D eigenvalue weighted by Crippen LogP contribution is 2.44. The summed E-state index contributed by atoms with van der Waals surface area (Å²) in [6, 6.07) is 15.9. The molecule has 0 saturated carbocycles. The topological polar surface area (TPSA) is 84.9 Å². The molecule has 0 spiro atoms. The van der Waals surface area contributed by atoms with Gasteiger partial charge in [-0.2, -0.15) is 0 Å². The summed E-state index contributed by atoms with van der Waals surface area (Å²) in [6.45, 7) is 0.414. The number of aliphatic carboxylic acids is 1. The molecule has 1 amide bonds. The highest BCUT2D eigenvalue weighted by atomic mass is 16.6. The predicted octanol–water partition coefficient (Wildman–Crippen LogP) is 2.77. The van der Waals surface area contributed by atoms with Crippen LogP contribution in [0.25, 0.3) is 11.1 Å². The van der Waals surface area contributed by atoms with Crippen LogP contribution in [0, 0.1) is 0 Å². The Kier molecular flexibility index (Phi) is 4.34. The molecule has 0 aromatic heterocycles. The van der Waals surface area contributed by atoms with Crippen LogP contribution in [0.2, 0.25) is 0 Å². The normalized spacial score (nSPS) is 21.1. The Bertz CT molecular complexity index is 804. The number of ether oxygens (including phenoxy) is 2. The van der Waals surface area contributed by atoms with Crippen LogP contribution in [0.5, 0.6) is 0 Å². The first kappa shape index (κ1) is 16.6. The van der Waals surface area contributed by atoms with Crippen LogP contribution in [-0.4, -0.2) is 42.5 Å². The van der Waals surface area contributed by atoms with Crippen LogP contribution in [0.3, 0.4) is 0 Å². The number of carbonyl (C=O) groups is 2. The van der Waals surface area contributed by atoms with Crippen LogP contribution < -0.4 is 5.32 Å². The summed E-state index contributed by atoms with van der Waals surface area (Å²) in [5, 5.41) is 11.6. The second-order valence-corrected chi connectivity index (χ2v) is 6.56. The zero-order valence-corrected chi connectivity index (χ0v) is 14.1. The molecule has 134 valence electrons. The molecule has 2 atom stereocenters. The molecule has 0 unspecified atom stereocenters. The van der Waals surface area contributed by atoms with E-state index in [4.69, 9.17) is 14.6 Å². The van der Waals surface area contributed by atoms with Crippen molar-refractivity contribution in [3.63, 3.8) is 0 Å². The number of benzene rings is 2. The Morgan fingerprint density at radius 3 is 2.27 bits per heavy atom. The number of carbonyl (C=O) groups excluding carboxylic acids is 1. The molecule has 4 rings (SSSR count). The molecule has 1 heterocycles. The summed E-state index contributed by atoms with van der Waals surface area (Å²) >= 11 is 0. The molecule has 6 nitrogen and oxygen atoms in total. The summed E-state index contributed by atoms with van der Waals surface area (Å²) in [4.78, 5) is 23.0. The average molecular weight is 353 g/mol. The smallest absolute Gasteiger partial charge is 0.407 e. The van der Waals surface area contributed by atoms with Gasteiger partial charge in [0.15, 0.2) is 6.10 Å². The third-order valence-electron chi connectivity index (χ3n) is 4.94. The van der Waals surface area contributed by atoms with E-state index in [-0.39, 0.29) is 31.6 Å². The third kappa shape index (κ3) is 3.04. The maximum Gasteiger partial charge on any atom is 0.407 e. The largest absolute Gasteiger partial charge is 0.479 e. The zero-order valence-electron chi connectivity index (χ0n) is 14.1. The van der Waals surface area contributed by atoms with Crippen molar-refractivity contribution in [1.82, 2.24) is 5.32 Å². The van der Waals surface area contributed by atoms with Gasteiger partial charge in [-0.3, -0.25) is 0 Å². The van der Waals surface area contributed by atoms with E-state index in [0.717, 1.165) is 11.1 Å². The van der Waals surface area contributed by atoms with Crippen molar-refractivity contribution >= 4 is 12.1 Å². The maximum atomic E-state index is 12.1. The maximum absolute atomic E-state index is 12.1.